The SMILES string of the molecule is CCC1CN(CCCC(N)N2CC(CC)C(CC)C2)CC1CC. The number of rotatable bonds is 9. The zero-order valence-electron chi connectivity index (χ0n) is 16.1. The molecule has 0 saturated carbocycles. The van der Waals surface area contributed by atoms with Crippen LogP contribution in [0.1, 0.15) is 66.2 Å². The third-order valence-electron chi connectivity index (χ3n) is 6.80. The molecule has 2 rings (SSSR count). The summed E-state index contributed by atoms with van der Waals surface area (Å²) in [5.41, 5.74) is 6.51. The summed E-state index contributed by atoms with van der Waals surface area (Å²) in [7, 11) is 0. The molecule has 2 aliphatic rings. The van der Waals surface area contributed by atoms with Gasteiger partial charge in [0.15, 0.2) is 0 Å². The molecule has 136 valence electrons. The van der Waals surface area contributed by atoms with E-state index in [0.717, 1.165) is 30.1 Å². The normalized spacial score (nSPS) is 34.3. The highest BCUT2D eigenvalue weighted by Gasteiger charge is 2.33. The fraction of sp³-hybridized carbons (Fsp3) is 1.00. The summed E-state index contributed by atoms with van der Waals surface area (Å²) in [6.45, 7) is 15.7. The van der Waals surface area contributed by atoms with Crippen LogP contribution in [0, 0.1) is 23.7 Å². The van der Waals surface area contributed by atoms with Gasteiger partial charge < -0.3 is 10.6 Å². The van der Waals surface area contributed by atoms with E-state index in [9.17, 15) is 0 Å². The van der Waals surface area contributed by atoms with E-state index in [1.54, 1.807) is 0 Å². The van der Waals surface area contributed by atoms with Crippen molar-refractivity contribution in [2.24, 2.45) is 29.4 Å². The van der Waals surface area contributed by atoms with Crippen LogP contribution in [0.25, 0.3) is 0 Å². The first-order valence-electron chi connectivity index (χ1n) is 10.3. The van der Waals surface area contributed by atoms with Crippen LogP contribution < -0.4 is 5.73 Å². The van der Waals surface area contributed by atoms with Crippen LogP contribution in [0.3, 0.4) is 0 Å². The van der Waals surface area contributed by atoms with Crippen LogP contribution in [0.2, 0.25) is 0 Å². The molecule has 0 aliphatic carbocycles. The van der Waals surface area contributed by atoms with Crippen molar-refractivity contribution in [3.63, 3.8) is 0 Å². The summed E-state index contributed by atoms with van der Waals surface area (Å²) in [5.74, 6) is 3.62. The van der Waals surface area contributed by atoms with E-state index in [1.165, 1.54) is 64.8 Å². The highest BCUT2D eigenvalue weighted by atomic mass is 15.2. The maximum absolute atomic E-state index is 6.51. The molecule has 0 bridgehead atoms. The molecule has 2 fully saturated rings. The first-order valence-corrected chi connectivity index (χ1v) is 10.3. The average molecular weight is 324 g/mol. The Kier molecular flexibility index (Phi) is 7.84. The summed E-state index contributed by atoms with van der Waals surface area (Å²) in [6.07, 6.45) is 8.03. The molecule has 2 heterocycles. The number of hydrogen-bond acceptors (Lipinski definition) is 3. The van der Waals surface area contributed by atoms with Gasteiger partial charge in [0.1, 0.15) is 0 Å². The Balaban J connectivity index is 1.68. The molecule has 0 radical (unpaired) electrons. The van der Waals surface area contributed by atoms with Gasteiger partial charge in [0.2, 0.25) is 0 Å². The molecule has 0 aromatic rings. The Morgan fingerprint density at radius 3 is 1.65 bits per heavy atom. The predicted molar refractivity (Wildman–Crippen MR) is 100 cm³/mol. The van der Waals surface area contributed by atoms with E-state index in [1.807, 2.05) is 0 Å². The molecule has 0 amide bonds. The molecule has 5 unspecified atom stereocenters. The fourth-order valence-corrected chi connectivity index (χ4v) is 5.02. The van der Waals surface area contributed by atoms with Crippen LogP contribution in [0.15, 0.2) is 0 Å². The predicted octanol–water partition coefficient (Wildman–Crippen LogP) is 3.79. The topological polar surface area (TPSA) is 32.5 Å². The number of nitrogens with zero attached hydrogens (tertiary/aromatic N) is 2. The molecule has 5 atom stereocenters. The van der Waals surface area contributed by atoms with E-state index < -0.39 is 0 Å². The second-order valence-corrected chi connectivity index (χ2v) is 8.10. The highest BCUT2D eigenvalue weighted by Crippen LogP contribution is 2.30. The molecule has 2 N–H and O–H groups in total. The van der Waals surface area contributed by atoms with Crippen molar-refractivity contribution in [3.05, 3.63) is 0 Å². The zero-order valence-corrected chi connectivity index (χ0v) is 16.1. The van der Waals surface area contributed by atoms with Gasteiger partial charge in [-0.05, 0) is 43.1 Å². The van der Waals surface area contributed by atoms with Crippen molar-refractivity contribution in [1.82, 2.24) is 9.80 Å². The molecular weight excluding hydrogens is 282 g/mol. The van der Waals surface area contributed by atoms with Gasteiger partial charge >= 0.3 is 0 Å². The molecule has 3 heteroatoms. The van der Waals surface area contributed by atoms with E-state index in [2.05, 4.69) is 37.5 Å². The second-order valence-electron chi connectivity index (χ2n) is 8.10. The molecule has 0 aromatic carbocycles. The van der Waals surface area contributed by atoms with Gasteiger partial charge in [-0.3, -0.25) is 4.90 Å². The molecular formula is C20H41N3. The lowest BCUT2D eigenvalue weighted by Crippen LogP contribution is -2.41. The Labute approximate surface area is 145 Å². The third-order valence-corrected chi connectivity index (χ3v) is 6.80. The lowest BCUT2D eigenvalue weighted by Gasteiger charge is -2.25. The van der Waals surface area contributed by atoms with Crippen LogP contribution in [0.4, 0.5) is 0 Å². The molecule has 3 nitrogen and oxygen atoms in total. The zero-order chi connectivity index (χ0) is 16.8. The summed E-state index contributed by atoms with van der Waals surface area (Å²) in [5, 5.41) is 0. The summed E-state index contributed by atoms with van der Waals surface area (Å²) >= 11 is 0. The van der Waals surface area contributed by atoms with Crippen LogP contribution in [0.5, 0.6) is 0 Å². The fourth-order valence-electron chi connectivity index (χ4n) is 5.02. The van der Waals surface area contributed by atoms with Crippen molar-refractivity contribution in [1.29, 1.82) is 0 Å². The van der Waals surface area contributed by atoms with Gasteiger partial charge in [-0.2, -0.15) is 0 Å². The van der Waals surface area contributed by atoms with Crippen LogP contribution in [-0.2, 0) is 0 Å². The Morgan fingerprint density at radius 2 is 1.22 bits per heavy atom. The first-order chi connectivity index (χ1) is 11.1. The van der Waals surface area contributed by atoms with Crippen LogP contribution in [-0.4, -0.2) is 48.7 Å². The molecule has 2 aliphatic heterocycles. The van der Waals surface area contributed by atoms with Crippen molar-refractivity contribution >= 4 is 0 Å². The van der Waals surface area contributed by atoms with Crippen molar-refractivity contribution in [2.75, 3.05) is 32.7 Å². The Morgan fingerprint density at radius 1 is 0.783 bits per heavy atom. The van der Waals surface area contributed by atoms with E-state index in [-0.39, 0.29) is 6.17 Å². The smallest absolute Gasteiger partial charge is 0.0572 e. The standard InChI is InChI=1S/C20H41N3/c1-5-16-12-22(13-17(16)6-2)11-9-10-20(21)23-14-18(7-3)19(8-4)15-23/h16-20H,5-15,21H2,1-4H3. The summed E-state index contributed by atoms with van der Waals surface area (Å²) in [4.78, 5) is 5.26. The third kappa shape index (κ3) is 4.93. The number of hydrogen-bond donors (Lipinski definition) is 1. The highest BCUT2D eigenvalue weighted by molar-refractivity contribution is 4.86. The molecule has 0 spiro atoms. The first kappa shape index (κ1) is 19.2. The maximum atomic E-state index is 6.51. The molecule has 2 saturated heterocycles. The van der Waals surface area contributed by atoms with Gasteiger partial charge in [-0.15, -0.1) is 0 Å². The van der Waals surface area contributed by atoms with E-state index in [4.69, 9.17) is 5.73 Å². The van der Waals surface area contributed by atoms with Crippen molar-refractivity contribution in [3.8, 4) is 0 Å². The van der Waals surface area contributed by atoms with Crippen molar-refractivity contribution < 1.29 is 0 Å². The number of likely N-dealkylation sites (tertiary alicyclic amines) is 2. The molecule has 0 aromatic heterocycles. The minimum absolute atomic E-state index is 0.284. The van der Waals surface area contributed by atoms with E-state index >= 15 is 0 Å². The Hall–Kier alpha value is -0.120. The quantitative estimate of drug-likeness (QED) is 0.701. The van der Waals surface area contributed by atoms with Gasteiger partial charge in [-0.1, -0.05) is 53.4 Å². The minimum atomic E-state index is 0.284. The maximum Gasteiger partial charge on any atom is 0.0572 e. The number of nitrogens with two attached hydrogens (primary N) is 1. The van der Waals surface area contributed by atoms with Gasteiger partial charge in [0.25, 0.3) is 0 Å². The summed E-state index contributed by atoms with van der Waals surface area (Å²) < 4.78 is 0. The summed E-state index contributed by atoms with van der Waals surface area (Å²) in [6, 6.07) is 0. The monoisotopic (exact) mass is 323 g/mol. The average Bonchev–Trinajstić information content (AvgIpc) is 3.17. The Bertz CT molecular complexity index is 309. The van der Waals surface area contributed by atoms with E-state index in [0.29, 0.717) is 0 Å². The van der Waals surface area contributed by atoms with Gasteiger partial charge in [0, 0.05) is 26.2 Å². The lowest BCUT2D eigenvalue weighted by atomic mass is 9.92. The second kappa shape index (κ2) is 9.39. The van der Waals surface area contributed by atoms with Crippen molar-refractivity contribution in [2.45, 2.75) is 72.4 Å². The largest absolute Gasteiger partial charge is 0.316 e. The lowest BCUT2D eigenvalue weighted by molar-refractivity contribution is 0.209. The van der Waals surface area contributed by atoms with Gasteiger partial charge in [-0.25, -0.2) is 0 Å². The van der Waals surface area contributed by atoms with Gasteiger partial charge in [0.05, 0.1) is 6.17 Å². The molecule has 23 heavy (non-hydrogen) atoms. The van der Waals surface area contributed by atoms with Crippen LogP contribution >= 0.6 is 0 Å². The minimum Gasteiger partial charge on any atom is -0.316 e.